The fraction of sp³-hybridized carbons (Fsp3) is 0.286. The van der Waals surface area contributed by atoms with Gasteiger partial charge in [-0.25, -0.2) is 0 Å². The lowest BCUT2D eigenvalue weighted by Gasteiger charge is -2.16. The first kappa shape index (κ1) is 15.0. The molecule has 2 rings (SSSR count). The number of nitrogens with zero attached hydrogens (tertiary/aromatic N) is 1. The van der Waals surface area contributed by atoms with Crippen LogP contribution in [0.2, 0.25) is 5.02 Å². The minimum absolute atomic E-state index is 0.0611. The highest BCUT2D eigenvalue weighted by atomic mass is 35.5. The predicted octanol–water partition coefficient (Wildman–Crippen LogP) is 4.55. The first-order valence-electron chi connectivity index (χ1n) is 6.32. The standard InChI is InChI=1S/C14H15ClN2O2S/c1-2-12(14-7-4-8-20-14)16-9-10-11(15)5-3-6-13(10)17(18)19/h3-8,12,16H,2,9H2,1H3. The van der Waals surface area contributed by atoms with Crippen LogP contribution in [0.3, 0.4) is 0 Å². The van der Waals surface area contributed by atoms with E-state index in [1.165, 1.54) is 10.9 Å². The zero-order valence-corrected chi connectivity index (χ0v) is 12.6. The predicted molar refractivity (Wildman–Crippen MR) is 82.3 cm³/mol. The molecule has 1 aromatic carbocycles. The lowest BCUT2D eigenvalue weighted by molar-refractivity contribution is -0.385. The zero-order valence-electron chi connectivity index (χ0n) is 11.0. The van der Waals surface area contributed by atoms with Crippen LogP contribution in [0.25, 0.3) is 0 Å². The van der Waals surface area contributed by atoms with Crippen molar-refractivity contribution in [2.24, 2.45) is 0 Å². The molecule has 2 aromatic rings. The molecule has 1 atom stereocenters. The number of halogens is 1. The maximum Gasteiger partial charge on any atom is 0.275 e. The van der Waals surface area contributed by atoms with E-state index >= 15 is 0 Å². The zero-order chi connectivity index (χ0) is 14.5. The maximum absolute atomic E-state index is 11.0. The SMILES string of the molecule is CCC(NCc1c(Cl)cccc1[N+](=O)[O-])c1cccs1. The molecule has 0 aliphatic carbocycles. The summed E-state index contributed by atoms with van der Waals surface area (Å²) < 4.78 is 0. The number of nitro groups is 1. The third-order valence-corrected chi connectivity index (χ3v) is 4.45. The highest BCUT2D eigenvalue weighted by Crippen LogP contribution is 2.28. The molecule has 0 aliphatic rings. The fourth-order valence-electron chi connectivity index (χ4n) is 2.05. The maximum atomic E-state index is 11.0. The van der Waals surface area contributed by atoms with Gasteiger partial charge in [-0.05, 0) is 23.9 Å². The second kappa shape index (κ2) is 6.83. The molecule has 6 heteroatoms. The normalized spacial score (nSPS) is 12.3. The molecule has 1 N–H and O–H groups in total. The first-order chi connectivity index (χ1) is 9.63. The molecule has 20 heavy (non-hydrogen) atoms. The van der Waals surface area contributed by atoms with Gasteiger partial charge in [0.15, 0.2) is 0 Å². The quantitative estimate of drug-likeness (QED) is 0.629. The number of hydrogen-bond acceptors (Lipinski definition) is 4. The van der Waals surface area contributed by atoms with Crippen LogP contribution in [-0.2, 0) is 6.54 Å². The van der Waals surface area contributed by atoms with E-state index in [2.05, 4.69) is 18.3 Å². The van der Waals surface area contributed by atoms with Gasteiger partial charge in [0.05, 0.1) is 15.5 Å². The number of nitrogens with one attached hydrogen (secondary N) is 1. The second-order valence-electron chi connectivity index (χ2n) is 4.35. The first-order valence-corrected chi connectivity index (χ1v) is 7.57. The van der Waals surface area contributed by atoms with Gasteiger partial charge in [-0.1, -0.05) is 30.7 Å². The van der Waals surface area contributed by atoms with Gasteiger partial charge in [-0.15, -0.1) is 11.3 Å². The van der Waals surface area contributed by atoms with Crippen molar-refractivity contribution in [3.8, 4) is 0 Å². The minimum Gasteiger partial charge on any atom is -0.305 e. The number of thiophene rings is 1. The van der Waals surface area contributed by atoms with Crippen molar-refractivity contribution >= 4 is 28.6 Å². The average molecular weight is 311 g/mol. The van der Waals surface area contributed by atoms with E-state index in [0.29, 0.717) is 17.1 Å². The van der Waals surface area contributed by atoms with Crippen molar-refractivity contribution in [3.63, 3.8) is 0 Å². The fourth-order valence-corrected chi connectivity index (χ4v) is 3.18. The van der Waals surface area contributed by atoms with Crippen molar-refractivity contribution in [1.29, 1.82) is 0 Å². The van der Waals surface area contributed by atoms with E-state index in [9.17, 15) is 10.1 Å². The van der Waals surface area contributed by atoms with Crippen LogP contribution in [-0.4, -0.2) is 4.92 Å². The second-order valence-corrected chi connectivity index (χ2v) is 5.74. The highest BCUT2D eigenvalue weighted by molar-refractivity contribution is 7.10. The summed E-state index contributed by atoms with van der Waals surface area (Å²) in [6.45, 7) is 2.46. The highest BCUT2D eigenvalue weighted by Gasteiger charge is 2.18. The minimum atomic E-state index is -0.394. The Hall–Kier alpha value is -1.43. The Kier molecular flexibility index (Phi) is 5.11. The van der Waals surface area contributed by atoms with Gasteiger partial charge in [-0.2, -0.15) is 0 Å². The molecule has 4 nitrogen and oxygen atoms in total. The molecular weight excluding hydrogens is 296 g/mol. The van der Waals surface area contributed by atoms with Gasteiger partial charge in [0.2, 0.25) is 0 Å². The summed E-state index contributed by atoms with van der Waals surface area (Å²) in [6.07, 6.45) is 0.915. The van der Waals surface area contributed by atoms with E-state index in [1.807, 2.05) is 11.4 Å². The number of nitro benzene ring substituents is 1. The molecule has 0 spiro atoms. The van der Waals surface area contributed by atoms with Crippen molar-refractivity contribution in [1.82, 2.24) is 5.32 Å². The molecule has 1 unspecified atom stereocenters. The Labute approximate surface area is 126 Å². The lowest BCUT2D eigenvalue weighted by Crippen LogP contribution is -2.20. The van der Waals surface area contributed by atoms with Crippen LogP contribution in [0.4, 0.5) is 5.69 Å². The van der Waals surface area contributed by atoms with E-state index in [0.717, 1.165) is 6.42 Å². The van der Waals surface area contributed by atoms with E-state index in [1.54, 1.807) is 23.5 Å². The third kappa shape index (κ3) is 3.36. The monoisotopic (exact) mass is 310 g/mol. The molecule has 106 valence electrons. The smallest absolute Gasteiger partial charge is 0.275 e. The Balaban J connectivity index is 2.16. The molecule has 0 saturated heterocycles. The Morgan fingerprint density at radius 1 is 1.40 bits per heavy atom. The Bertz CT molecular complexity index is 587. The van der Waals surface area contributed by atoms with Gasteiger partial charge in [0.25, 0.3) is 5.69 Å². The van der Waals surface area contributed by atoms with Crippen LogP contribution >= 0.6 is 22.9 Å². The lowest BCUT2D eigenvalue weighted by atomic mass is 10.1. The molecule has 0 amide bonds. The molecule has 0 bridgehead atoms. The molecule has 0 radical (unpaired) electrons. The van der Waals surface area contributed by atoms with Crippen LogP contribution in [0.15, 0.2) is 35.7 Å². The average Bonchev–Trinajstić information content (AvgIpc) is 2.94. The molecule has 1 heterocycles. The van der Waals surface area contributed by atoms with Crippen molar-refractivity contribution in [2.75, 3.05) is 0 Å². The molecule has 0 aliphatic heterocycles. The third-order valence-electron chi connectivity index (χ3n) is 3.11. The largest absolute Gasteiger partial charge is 0.305 e. The molecule has 1 aromatic heterocycles. The van der Waals surface area contributed by atoms with Crippen LogP contribution in [0.1, 0.15) is 29.8 Å². The van der Waals surface area contributed by atoms with Crippen LogP contribution < -0.4 is 5.32 Å². The van der Waals surface area contributed by atoms with Gasteiger partial charge >= 0.3 is 0 Å². The molecule has 0 fully saturated rings. The summed E-state index contributed by atoms with van der Waals surface area (Å²) in [6, 6.07) is 9.01. The van der Waals surface area contributed by atoms with Gasteiger partial charge < -0.3 is 5.32 Å². The van der Waals surface area contributed by atoms with Crippen molar-refractivity contribution in [2.45, 2.75) is 25.9 Å². The summed E-state index contributed by atoms with van der Waals surface area (Å²) in [5.41, 5.74) is 0.597. The molecular formula is C14H15ClN2O2S. The Morgan fingerprint density at radius 3 is 2.80 bits per heavy atom. The van der Waals surface area contributed by atoms with Crippen molar-refractivity contribution in [3.05, 3.63) is 61.3 Å². The van der Waals surface area contributed by atoms with E-state index < -0.39 is 4.92 Å². The molecule has 0 saturated carbocycles. The number of benzene rings is 1. The summed E-state index contributed by atoms with van der Waals surface area (Å²) in [5.74, 6) is 0. The van der Waals surface area contributed by atoms with Crippen LogP contribution in [0, 0.1) is 10.1 Å². The number of hydrogen-bond donors (Lipinski definition) is 1. The summed E-state index contributed by atoms with van der Waals surface area (Å²) in [4.78, 5) is 11.9. The van der Waals surface area contributed by atoms with Gasteiger partial charge in [0, 0.05) is 23.5 Å². The Morgan fingerprint density at radius 2 is 2.20 bits per heavy atom. The summed E-state index contributed by atoms with van der Waals surface area (Å²) >= 11 is 7.76. The van der Waals surface area contributed by atoms with Gasteiger partial charge in [0.1, 0.15) is 0 Å². The van der Waals surface area contributed by atoms with Crippen molar-refractivity contribution < 1.29 is 4.92 Å². The topological polar surface area (TPSA) is 55.2 Å². The van der Waals surface area contributed by atoms with E-state index in [-0.39, 0.29) is 11.7 Å². The summed E-state index contributed by atoms with van der Waals surface area (Å²) in [5, 5.41) is 16.8. The summed E-state index contributed by atoms with van der Waals surface area (Å²) in [7, 11) is 0. The van der Waals surface area contributed by atoms with E-state index in [4.69, 9.17) is 11.6 Å². The number of rotatable bonds is 6. The van der Waals surface area contributed by atoms with Gasteiger partial charge in [-0.3, -0.25) is 10.1 Å². The van der Waals surface area contributed by atoms with Crippen LogP contribution in [0.5, 0.6) is 0 Å².